The lowest BCUT2D eigenvalue weighted by Gasteiger charge is -2.29. The summed E-state index contributed by atoms with van der Waals surface area (Å²) in [6, 6.07) is 10.2. The molecule has 4 rings (SSSR count). The number of benzene rings is 1. The second-order valence-corrected chi connectivity index (χ2v) is 7.70. The van der Waals surface area contributed by atoms with Crippen molar-refractivity contribution in [2.75, 3.05) is 7.11 Å². The van der Waals surface area contributed by atoms with Crippen molar-refractivity contribution in [3.8, 4) is 11.8 Å². The number of thiophene rings is 1. The lowest BCUT2D eigenvalue weighted by Crippen LogP contribution is -2.39. The van der Waals surface area contributed by atoms with Gasteiger partial charge in [-0.1, -0.05) is 18.2 Å². The summed E-state index contributed by atoms with van der Waals surface area (Å²) in [7, 11) is 1.55. The molecular weight excluding hydrogens is 362 g/mol. The van der Waals surface area contributed by atoms with E-state index < -0.39 is 0 Å². The Hall–Kier alpha value is -2.67. The molecule has 0 spiro atoms. The second-order valence-electron chi connectivity index (χ2n) is 6.61. The Morgan fingerprint density at radius 3 is 2.70 bits per heavy atom. The van der Waals surface area contributed by atoms with E-state index in [2.05, 4.69) is 15.3 Å². The Morgan fingerprint density at radius 1 is 1.15 bits per heavy atom. The molecule has 1 aliphatic carbocycles. The molecular formula is C20H21N3O3S. The lowest BCUT2D eigenvalue weighted by atomic mass is 9.93. The standard InChI is InChI=1S/C20H21N3O3S/c1-25-18-11-21-12-19(23-18)26-15-8-6-14(7-9-15)22-20(24)17-10-13-4-2-3-5-16(13)27-17/h2-5,10-12,14-15H,6-9H2,1H3,(H,22,24). The Kier molecular flexibility index (Phi) is 5.20. The zero-order chi connectivity index (χ0) is 18.6. The summed E-state index contributed by atoms with van der Waals surface area (Å²) in [5, 5.41) is 4.28. The van der Waals surface area contributed by atoms with E-state index >= 15 is 0 Å². The predicted octanol–water partition coefficient (Wildman–Crippen LogP) is 3.82. The Bertz CT molecular complexity index is 902. The van der Waals surface area contributed by atoms with Crippen LogP contribution in [0.2, 0.25) is 0 Å². The van der Waals surface area contributed by atoms with Crippen molar-refractivity contribution in [1.29, 1.82) is 0 Å². The molecule has 1 aromatic carbocycles. The number of hydrogen-bond acceptors (Lipinski definition) is 6. The van der Waals surface area contributed by atoms with Crippen molar-refractivity contribution in [3.05, 3.63) is 47.6 Å². The average molecular weight is 383 g/mol. The van der Waals surface area contributed by atoms with E-state index in [0.29, 0.717) is 11.8 Å². The summed E-state index contributed by atoms with van der Waals surface area (Å²) >= 11 is 1.54. The van der Waals surface area contributed by atoms with Crippen LogP contribution in [0.1, 0.15) is 35.4 Å². The molecule has 0 saturated heterocycles. The van der Waals surface area contributed by atoms with Crippen LogP contribution in [-0.2, 0) is 0 Å². The first-order valence-corrected chi connectivity index (χ1v) is 9.85. The van der Waals surface area contributed by atoms with Crippen molar-refractivity contribution >= 4 is 27.3 Å². The highest BCUT2D eigenvalue weighted by Crippen LogP contribution is 2.27. The molecule has 2 aromatic heterocycles. The predicted molar refractivity (Wildman–Crippen MR) is 105 cm³/mol. The van der Waals surface area contributed by atoms with Crippen LogP contribution >= 0.6 is 11.3 Å². The second kappa shape index (κ2) is 7.92. The largest absolute Gasteiger partial charge is 0.480 e. The molecule has 27 heavy (non-hydrogen) atoms. The molecule has 1 N–H and O–H groups in total. The third-order valence-electron chi connectivity index (χ3n) is 4.75. The number of nitrogens with zero attached hydrogens (tertiary/aromatic N) is 2. The smallest absolute Gasteiger partial charge is 0.261 e. The summed E-state index contributed by atoms with van der Waals surface area (Å²) < 4.78 is 12.1. The Morgan fingerprint density at radius 2 is 1.93 bits per heavy atom. The number of aromatic nitrogens is 2. The maximum absolute atomic E-state index is 12.6. The van der Waals surface area contributed by atoms with Gasteiger partial charge in [0.1, 0.15) is 6.10 Å². The molecule has 6 nitrogen and oxygen atoms in total. The molecule has 0 unspecified atom stereocenters. The fourth-order valence-corrected chi connectivity index (χ4v) is 4.30. The third kappa shape index (κ3) is 4.19. The number of methoxy groups -OCH3 is 1. The monoisotopic (exact) mass is 383 g/mol. The number of nitrogens with one attached hydrogen (secondary N) is 1. The van der Waals surface area contributed by atoms with E-state index in [-0.39, 0.29) is 18.1 Å². The van der Waals surface area contributed by atoms with Gasteiger partial charge in [0.2, 0.25) is 11.8 Å². The van der Waals surface area contributed by atoms with E-state index in [1.165, 1.54) is 11.3 Å². The summed E-state index contributed by atoms with van der Waals surface area (Å²) in [6.07, 6.45) is 6.75. The van der Waals surface area contributed by atoms with Gasteiger partial charge in [-0.05, 0) is 43.2 Å². The van der Waals surface area contributed by atoms with Gasteiger partial charge in [-0.15, -0.1) is 11.3 Å². The molecule has 3 aromatic rings. The first-order valence-electron chi connectivity index (χ1n) is 9.03. The highest BCUT2D eigenvalue weighted by Gasteiger charge is 2.25. The van der Waals surface area contributed by atoms with Gasteiger partial charge in [-0.25, -0.2) is 0 Å². The van der Waals surface area contributed by atoms with Gasteiger partial charge < -0.3 is 14.8 Å². The van der Waals surface area contributed by atoms with Crippen LogP contribution in [0.4, 0.5) is 0 Å². The molecule has 0 radical (unpaired) electrons. The molecule has 7 heteroatoms. The van der Waals surface area contributed by atoms with E-state index in [1.54, 1.807) is 19.5 Å². The first-order chi connectivity index (χ1) is 13.2. The highest BCUT2D eigenvalue weighted by molar-refractivity contribution is 7.20. The SMILES string of the molecule is COc1cncc(OC2CCC(NC(=O)c3cc4ccccc4s3)CC2)n1. The van der Waals surface area contributed by atoms with Crippen LogP contribution < -0.4 is 14.8 Å². The summed E-state index contributed by atoms with van der Waals surface area (Å²) in [4.78, 5) is 21.6. The highest BCUT2D eigenvalue weighted by atomic mass is 32.1. The molecule has 0 aliphatic heterocycles. The van der Waals surface area contributed by atoms with Crippen LogP contribution in [0.3, 0.4) is 0 Å². The van der Waals surface area contributed by atoms with Gasteiger partial charge in [0.25, 0.3) is 5.91 Å². The number of carbonyl (C=O) groups is 1. The zero-order valence-corrected chi connectivity index (χ0v) is 15.9. The number of fused-ring (bicyclic) bond motifs is 1. The van der Waals surface area contributed by atoms with Crippen molar-refractivity contribution in [1.82, 2.24) is 15.3 Å². The van der Waals surface area contributed by atoms with Crippen LogP contribution in [0, 0.1) is 0 Å². The molecule has 1 amide bonds. The van der Waals surface area contributed by atoms with Crippen LogP contribution in [0.25, 0.3) is 10.1 Å². The van der Waals surface area contributed by atoms with Gasteiger partial charge in [0.15, 0.2) is 0 Å². The molecule has 1 fully saturated rings. The number of hydrogen-bond donors (Lipinski definition) is 1. The minimum absolute atomic E-state index is 0.0132. The average Bonchev–Trinajstić information content (AvgIpc) is 3.14. The molecule has 0 bridgehead atoms. The molecule has 140 valence electrons. The van der Waals surface area contributed by atoms with E-state index in [4.69, 9.17) is 9.47 Å². The maximum Gasteiger partial charge on any atom is 0.261 e. The number of carbonyl (C=O) groups excluding carboxylic acids is 1. The van der Waals surface area contributed by atoms with Crippen molar-refractivity contribution < 1.29 is 14.3 Å². The van der Waals surface area contributed by atoms with Gasteiger partial charge in [-0.3, -0.25) is 9.78 Å². The minimum atomic E-state index is 0.0132. The Balaban J connectivity index is 1.30. The van der Waals surface area contributed by atoms with Gasteiger partial charge in [-0.2, -0.15) is 4.98 Å². The van der Waals surface area contributed by atoms with Crippen LogP contribution in [0.5, 0.6) is 11.8 Å². The molecule has 2 heterocycles. The van der Waals surface area contributed by atoms with Crippen molar-refractivity contribution in [3.63, 3.8) is 0 Å². The number of rotatable bonds is 5. The quantitative estimate of drug-likeness (QED) is 0.725. The van der Waals surface area contributed by atoms with Crippen molar-refractivity contribution in [2.45, 2.75) is 37.8 Å². The van der Waals surface area contributed by atoms with E-state index in [9.17, 15) is 4.79 Å². The maximum atomic E-state index is 12.6. The van der Waals surface area contributed by atoms with Crippen LogP contribution in [0.15, 0.2) is 42.7 Å². The summed E-state index contributed by atoms with van der Waals surface area (Å²) in [5.74, 6) is 0.933. The summed E-state index contributed by atoms with van der Waals surface area (Å²) in [6.45, 7) is 0. The first kappa shape index (κ1) is 17.7. The molecule has 1 saturated carbocycles. The molecule has 0 atom stereocenters. The minimum Gasteiger partial charge on any atom is -0.480 e. The van der Waals surface area contributed by atoms with E-state index in [0.717, 1.165) is 40.6 Å². The molecule has 1 aliphatic rings. The van der Waals surface area contributed by atoms with Gasteiger partial charge in [0.05, 0.1) is 24.4 Å². The topological polar surface area (TPSA) is 73.3 Å². The normalized spacial score (nSPS) is 19.6. The van der Waals surface area contributed by atoms with Crippen molar-refractivity contribution in [2.24, 2.45) is 0 Å². The summed E-state index contributed by atoms with van der Waals surface area (Å²) in [5.41, 5.74) is 0. The van der Waals surface area contributed by atoms with Crippen LogP contribution in [-0.4, -0.2) is 35.1 Å². The fraction of sp³-hybridized carbons (Fsp3) is 0.350. The van der Waals surface area contributed by atoms with Gasteiger partial charge in [0, 0.05) is 10.7 Å². The number of ether oxygens (including phenoxy) is 2. The van der Waals surface area contributed by atoms with Gasteiger partial charge >= 0.3 is 0 Å². The lowest BCUT2D eigenvalue weighted by molar-refractivity contribution is 0.0893. The Labute approximate surface area is 161 Å². The third-order valence-corrected chi connectivity index (χ3v) is 5.86. The zero-order valence-electron chi connectivity index (χ0n) is 15.1. The number of amides is 1. The fourth-order valence-electron chi connectivity index (χ4n) is 3.33. The van der Waals surface area contributed by atoms with E-state index in [1.807, 2.05) is 30.3 Å².